The number of hydrogen-bond donors (Lipinski definition) is 1. The lowest BCUT2D eigenvalue weighted by molar-refractivity contribution is 0.120. The van der Waals surface area contributed by atoms with Crippen molar-refractivity contribution in [2.24, 2.45) is 11.7 Å². The summed E-state index contributed by atoms with van der Waals surface area (Å²) in [5.74, 6) is 2.71. The predicted molar refractivity (Wildman–Crippen MR) is 69.7 cm³/mol. The first kappa shape index (κ1) is 12.7. The minimum atomic E-state index is 0.624. The summed E-state index contributed by atoms with van der Waals surface area (Å²) in [7, 11) is 2.19. The number of nitrogens with zero attached hydrogens (tertiary/aromatic N) is 1. The van der Waals surface area contributed by atoms with Crippen LogP contribution < -0.4 is 5.73 Å². The van der Waals surface area contributed by atoms with E-state index in [0.29, 0.717) is 12.0 Å². The van der Waals surface area contributed by atoms with Crippen molar-refractivity contribution < 1.29 is 4.42 Å². The molecule has 2 rings (SSSR count). The van der Waals surface area contributed by atoms with Crippen molar-refractivity contribution in [3.63, 3.8) is 0 Å². The first-order chi connectivity index (χ1) is 8.20. The molecule has 2 N–H and O–H groups in total. The Morgan fingerprint density at radius 2 is 2.12 bits per heavy atom. The van der Waals surface area contributed by atoms with Crippen molar-refractivity contribution in [2.45, 2.75) is 45.2 Å². The Balaban J connectivity index is 1.95. The summed E-state index contributed by atoms with van der Waals surface area (Å²) in [5, 5.41) is 0. The molecular weight excluding hydrogens is 212 g/mol. The van der Waals surface area contributed by atoms with E-state index in [2.05, 4.69) is 18.0 Å². The SMILES string of the molecule is Cc1ccc(CN(C)C2CCCCC2CN)o1. The zero-order chi connectivity index (χ0) is 12.3. The summed E-state index contributed by atoms with van der Waals surface area (Å²) in [5.41, 5.74) is 5.88. The molecule has 0 spiro atoms. The Hall–Kier alpha value is -0.800. The van der Waals surface area contributed by atoms with Gasteiger partial charge in [0.15, 0.2) is 0 Å². The number of rotatable bonds is 4. The molecule has 0 aliphatic heterocycles. The van der Waals surface area contributed by atoms with Gasteiger partial charge in [-0.25, -0.2) is 0 Å². The van der Waals surface area contributed by atoms with Crippen LogP contribution in [0.1, 0.15) is 37.2 Å². The largest absolute Gasteiger partial charge is 0.465 e. The van der Waals surface area contributed by atoms with Crippen LogP contribution in [0.4, 0.5) is 0 Å². The van der Waals surface area contributed by atoms with Crippen LogP contribution in [0.25, 0.3) is 0 Å². The van der Waals surface area contributed by atoms with Gasteiger partial charge in [-0.3, -0.25) is 4.90 Å². The highest BCUT2D eigenvalue weighted by molar-refractivity contribution is 5.05. The van der Waals surface area contributed by atoms with Gasteiger partial charge in [0.1, 0.15) is 11.5 Å². The maximum Gasteiger partial charge on any atom is 0.118 e. The van der Waals surface area contributed by atoms with Gasteiger partial charge in [0.2, 0.25) is 0 Å². The molecule has 2 unspecified atom stereocenters. The highest BCUT2D eigenvalue weighted by atomic mass is 16.3. The molecule has 0 radical (unpaired) electrons. The number of furan rings is 1. The predicted octanol–water partition coefficient (Wildman–Crippen LogP) is 2.54. The lowest BCUT2D eigenvalue weighted by atomic mass is 9.83. The zero-order valence-corrected chi connectivity index (χ0v) is 11.0. The average molecular weight is 236 g/mol. The maximum atomic E-state index is 5.88. The fraction of sp³-hybridized carbons (Fsp3) is 0.714. The second-order valence-electron chi connectivity index (χ2n) is 5.28. The molecule has 2 atom stereocenters. The maximum absolute atomic E-state index is 5.88. The van der Waals surface area contributed by atoms with E-state index in [1.54, 1.807) is 0 Å². The van der Waals surface area contributed by atoms with E-state index in [-0.39, 0.29) is 0 Å². The van der Waals surface area contributed by atoms with Crippen molar-refractivity contribution in [1.29, 1.82) is 0 Å². The topological polar surface area (TPSA) is 42.4 Å². The van der Waals surface area contributed by atoms with E-state index in [0.717, 1.165) is 24.6 Å². The molecule has 17 heavy (non-hydrogen) atoms. The first-order valence-corrected chi connectivity index (χ1v) is 6.66. The Morgan fingerprint density at radius 1 is 1.35 bits per heavy atom. The van der Waals surface area contributed by atoms with Crippen LogP contribution in [0, 0.1) is 12.8 Å². The van der Waals surface area contributed by atoms with Crippen LogP contribution in [0.3, 0.4) is 0 Å². The van der Waals surface area contributed by atoms with Crippen molar-refractivity contribution in [1.82, 2.24) is 4.90 Å². The number of aryl methyl sites for hydroxylation is 1. The molecule has 1 heterocycles. The van der Waals surface area contributed by atoms with Gasteiger partial charge >= 0.3 is 0 Å². The van der Waals surface area contributed by atoms with Crippen LogP contribution in [0.5, 0.6) is 0 Å². The Labute approximate surface area is 104 Å². The molecule has 3 heteroatoms. The summed E-state index contributed by atoms with van der Waals surface area (Å²) in [4.78, 5) is 2.41. The molecule has 0 amide bonds. The van der Waals surface area contributed by atoms with Crippen LogP contribution in [0.2, 0.25) is 0 Å². The van der Waals surface area contributed by atoms with Gasteiger partial charge < -0.3 is 10.2 Å². The highest BCUT2D eigenvalue weighted by Gasteiger charge is 2.27. The Morgan fingerprint density at radius 3 is 2.76 bits per heavy atom. The molecular formula is C14H24N2O. The molecule has 1 saturated carbocycles. The van der Waals surface area contributed by atoms with E-state index in [9.17, 15) is 0 Å². The summed E-state index contributed by atoms with van der Waals surface area (Å²) in [6, 6.07) is 4.73. The third-order valence-corrected chi connectivity index (χ3v) is 3.94. The molecule has 1 aliphatic carbocycles. The third-order valence-electron chi connectivity index (χ3n) is 3.94. The summed E-state index contributed by atoms with van der Waals surface area (Å²) >= 11 is 0. The van der Waals surface area contributed by atoms with Crippen molar-refractivity contribution >= 4 is 0 Å². The highest BCUT2D eigenvalue weighted by Crippen LogP contribution is 2.28. The van der Waals surface area contributed by atoms with E-state index < -0.39 is 0 Å². The molecule has 3 nitrogen and oxygen atoms in total. The molecule has 1 aromatic heterocycles. The molecule has 1 aliphatic rings. The van der Waals surface area contributed by atoms with Crippen LogP contribution in [-0.2, 0) is 6.54 Å². The van der Waals surface area contributed by atoms with Crippen LogP contribution in [0.15, 0.2) is 16.5 Å². The quantitative estimate of drug-likeness (QED) is 0.873. The summed E-state index contributed by atoms with van der Waals surface area (Å²) in [6.07, 6.45) is 5.23. The Kier molecular flexibility index (Phi) is 4.24. The fourth-order valence-corrected chi connectivity index (χ4v) is 2.98. The van der Waals surface area contributed by atoms with Crippen molar-refractivity contribution in [3.05, 3.63) is 23.7 Å². The van der Waals surface area contributed by atoms with Gasteiger partial charge in [0.25, 0.3) is 0 Å². The van der Waals surface area contributed by atoms with E-state index in [4.69, 9.17) is 10.2 Å². The average Bonchev–Trinajstić information content (AvgIpc) is 2.74. The molecule has 1 fully saturated rings. The van der Waals surface area contributed by atoms with Gasteiger partial charge in [-0.2, -0.15) is 0 Å². The minimum absolute atomic E-state index is 0.624. The summed E-state index contributed by atoms with van der Waals surface area (Å²) < 4.78 is 5.64. The minimum Gasteiger partial charge on any atom is -0.465 e. The van der Waals surface area contributed by atoms with Gasteiger partial charge in [-0.1, -0.05) is 12.8 Å². The van der Waals surface area contributed by atoms with Crippen molar-refractivity contribution in [2.75, 3.05) is 13.6 Å². The second kappa shape index (κ2) is 5.69. The zero-order valence-electron chi connectivity index (χ0n) is 11.0. The molecule has 1 aromatic rings. The normalized spacial score (nSPS) is 25.4. The third kappa shape index (κ3) is 3.11. The van der Waals surface area contributed by atoms with Gasteiger partial charge in [-0.15, -0.1) is 0 Å². The number of hydrogen-bond acceptors (Lipinski definition) is 3. The van der Waals surface area contributed by atoms with Gasteiger partial charge in [0, 0.05) is 6.04 Å². The standard InChI is InChI=1S/C14H24N2O/c1-11-7-8-13(17-11)10-16(2)14-6-4-3-5-12(14)9-15/h7-8,12,14H,3-6,9-10,15H2,1-2H3. The van der Waals surface area contributed by atoms with Crippen molar-refractivity contribution in [3.8, 4) is 0 Å². The van der Waals surface area contributed by atoms with Crippen LogP contribution in [-0.4, -0.2) is 24.5 Å². The molecule has 0 aromatic carbocycles. The van der Waals surface area contributed by atoms with Gasteiger partial charge in [0.05, 0.1) is 6.54 Å². The van der Waals surface area contributed by atoms with E-state index in [1.807, 2.05) is 13.0 Å². The molecule has 0 bridgehead atoms. The van der Waals surface area contributed by atoms with E-state index >= 15 is 0 Å². The molecule has 96 valence electrons. The monoisotopic (exact) mass is 236 g/mol. The summed E-state index contributed by atoms with van der Waals surface area (Å²) in [6.45, 7) is 3.70. The lowest BCUT2D eigenvalue weighted by Gasteiger charge is -2.37. The first-order valence-electron chi connectivity index (χ1n) is 6.66. The fourth-order valence-electron chi connectivity index (χ4n) is 2.98. The van der Waals surface area contributed by atoms with E-state index in [1.165, 1.54) is 25.7 Å². The van der Waals surface area contributed by atoms with Gasteiger partial charge in [-0.05, 0) is 51.4 Å². The molecule has 0 saturated heterocycles. The second-order valence-corrected chi connectivity index (χ2v) is 5.28. The van der Waals surface area contributed by atoms with Crippen LogP contribution >= 0.6 is 0 Å². The lowest BCUT2D eigenvalue weighted by Crippen LogP contribution is -2.42. The Bertz CT molecular complexity index is 348. The smallest absolute Gasteiger partial charge is 0.118 e. The number of nitrogens with two attached hydrogens (primary N) is 1.